The average Bonchev–Trinajstić information content (AvgIpc) is 2.08. The van der Waals surface area contributed by atoms with Gasteiger partial charge < -0.3 is 10.8 Å². The van der Waals surface area contributed by atoms with Crippen molar-refractivity contribution in [2.24, 2.45) is 0 Å². The highest BCUT2D eigenvalue weighted by Gasteiger charge is 2.05. The molecular weight excluding hydrogens is 138 g/mol. The maximum atomic E-state index is 9.49. The number of hydrogen-bond donors (Lipinski definition) is 2. The summed E-state index contributed by atoms with van der Waals surface area (Å²) in [5.41, 5.74) is 8.19. The molecule has 0 spiro atoms. The van der Waals surface area contributed by atoms with Crippen LogP contribution in [-0.4, -0.2) is 5.11 Å². The molecule has 0 fully saturated rings. The van der Waals surface area contributed by atoms with Gasteiger partial charge in [-0.1, -0.05) is 6.04 Å². The minimum absolute atomic E-state index is 0.142. The molecule has 0 amide bonds. The Morgan fingerprint density at radius 3 is 2.45 bits per heavy atom. The highest BCUT2D eigenvalue weighted by Crippen LogP contribution is 2.28. The third kappa shape index (κ3) is 1.16. The molecule has 0 heterocycles. The summed E-state index contributed by atoms with van der Waals surface area (Å²) < 4.78 is 7.58. The van der Waals surface area contributed by atoms with Crippen LogP contribution in [0.2, 0.25) is 0 Å². The normalized spacial score (nSPS) is 11.4. The molecular formula is C9H13NO. The van der Waals surface area contributed by atoms with Crippen LogP contribution in [0.15, 0.2) is 6.04 Å². The molecule has 0 unspecified atom stereocenters. The highest BCUT2D eigenvalue weighted by molar-refractivity contribution is 5.60. The number of phenolic OH excluding ortho intramolecular Hbond substituents is 1. The predicted molar refractivity (Wildman–Crippen MR) is 46.7 cm³/mol. The molecule has 0 aliphatic rings. The Bertz CT molecular complexity index is 229. The number of rotatable bonds is 0. The zero-order chi connectivity index (χ0) is 9.46. The summed E-state index contributed by atoms with van der Waals surface area (Å²) >= 11 is 0. The SMILES string of the molecule is [2H]c1c(C)c(N)c(C)c(O)c1C. The molecule has 0 saturated heterocycles. The molecule has 3 N–H and O–H groups in total. The Labute approximate surface area is 68.1 Å². The number of aromatic hydroxyl groups is 1. The third-order valence-corrected chi connectivity index (χ3v) is 1.89. The largest absolute Gasteiger partial charge is 0.507 e. The van der Waals surface area contributed by atoms with E-state index >= 15 is 0 Å². The fraction of sp³-hybridized carbons (Fsp3) is 0.333. The molecule has 1 rings (SSSR count). The summed E-state index contributed by atoms with van der Waals surface area (Å²) in [6.45, 7) is 5.26. The summed E-state index contributed by atoms with van der Waals surface area (Å²) in [4.78, 5) is 0. The fourth-order valence-electron chi connectivity index (χ4n) is 1.10. The Morgan fingerprint density at radius 1 is 1.36 bits per heavy atom. The van der Waals surface area contributed by atoms with E-state index in [4.69, 9.17) is 7.10 Å². The van der Waals surface area contributed by atoms with Gasteiger partial charge in [0.15, 0.2) is 0 Å². The van der Waals surface area contributed by atoms with Gasteiger partial charge in [0.2, 0.25) is 0 Å². The predicted octanol–water partition coefficient (Wildman–Crippen LogP) is 1.90. The van der Waals surface area contributed by atoms with Crippen LogP contribution in [-0.2, 0) is 0 Å². The van der Waals surface area contributed by atoms with Crippen LogP contribution in [0.3, 0.4) is 0 Å². The van der Waals surface area contributed by atoms with Crippen LogP contribution in [0.4, 0.5) is 5.69 Å². The topological polar surface area (TPSA) is 46.2 Å². The molecule has 0 saturated carbocycles. The number of nitrogens with two attached hydrogens (primary N) is 1. The van der Waals surface area contributed by atoms with Gasteiger partial charge in [-0.15, -0.1) is 0 Å². The standard InChI is InChI=1S/C9H13NO/c1-5-4-6(2)9(11)7(3)8(5)10/h4,11H,10H2,1-3H3/i4D. The second-order valence-corrected chi connectivity index (χ2v) is 2.76. The van der Waals surface area contributed by atoms with E-state index in [2.05, 4.69) is 0 Å². The van der Waals surface area contributed by atoms with E-state index in [0.29, 0.717) is 22.9 Å². The number of nitrogen functional groups attached to an aromatic ring is 1. The Hall–Kier alpha value is -1.18. The summed E-state index contributed by atoms with van der Waals surface area (Å²) in [7, 11) is 0. The minimum atomic E-state index is 0.142. The van der Waals surface area contributed by atoms with Crippen molar-refractivity contribution in [3.8, 4) is 5.75 Å². The molecule has 60 valence electrons. The van der Waals surface area contributed by atoms with Crippen molar-refractivity contribution in [1.29, 1.82) is 0 Å². The number of phenols is 1. The van der Waals surface area contributed by atoms with Crippen molar-refractivity contribution in [1.82, 2.24) is 0 Å². The first-order valence-electron chi connectivity index (χ1n) is 4.01. The van der Waals surface area contributed by atoms with E-state index in [1.165, 1.54) is 0 Å². The molecule has 1 aromatic rings. The van der Waals surface area contributed by atoms with E-state index in [0.717, 1.165) is 5.56 Å². The molecule has 2 heteroatoms. The fourth-order valence-corrected chi connectivity index (χ4v) is 1.10. The van der Waals surface area contributed by atoms with Gasteiger partial charge in [0.05, 0.1) is 1.37 Å². The molecule has 0 radical (unpaired) electrons. The third-order valence-electron chi connectivity index (χ3n) is 1.89. The monoisotopic (exact) mass is 152 g/mol. The number of anilines is 1. The van der Waals surface area contributed by atoms with Gasteiger partial charge >= 0.3 is 0 Å². The van der Waals surface area contributed by atoms with Crippen LogP contribution < -0.4 is 5.73 Å². The lowest BCUT2D eigenvalue weighted by Gasteiger charge is -2.08. The first-order valence-corrected chi connectivity index (χ1v) is 3.51. The maximum absolute atomic E-state index is 9.49. The zero-order valence-corrected chi connectivity index (χ0v) is 7.02. The highest BCUT2D eigenvalue weighted by atomic mass is 16.3. The molecule has 0 aliphatic heterocycles. The van der Waals surface area contributed by atoms with Crippen LogP contribution in [0, 0.1) is 20.8 Å². The second kappa shape index (κ2) is 2.46. The van der Waals surface area contributed by atoms with E-state index in [1.54, 1.807) is 20.8 Å². The van der Waals surface area contributed by atoms with Crippen molar-refractivity contribution in [3.63, 3.8) is 0 Å². The molecule has 2 nitrogen and oxygen atoms in total. The van der Waals surface area contributed by atoms with E-state index < -0.39 is 0 Å². The Morgan fingerprint density at radius 2 is 1.91 bits per heavy atom. The smallest absolute Gasteiger partial charge is 0.123 e. The van der Waals surface area contributed by atoms with E-state index in [1.807, 2.05) is 0 Å². The van der Waals surface area contributed by atoms with Crippen molar-refractivity contribution >= 4 is 5.69 Å². The molecule has 11 heavy (non-hydrogen) atoms. The Balaban J connectivity index is 3.60. The summed E-state index contributed by atoms with van der Waals surface area (Å²) in [5.74, 6) is 0.142. The van der Waals surface area contributed by atoms with E-state index in [-0.39, 0.29) is 5.75 Å². The van der Waals surface area contributed by atoms with Crippen LogP contribution in [0.1, 0.15) is 18.1 Å². The average molecular weight is 152 g/mol. The van der Waals surface area contributed by atoms with E-state index in [9.17, 15) is 5.11 Å². The van der Waals surface area contributed by atoms with Gasteiger partial charge in [-0.25, -0.2) is 0 Å². The van der Waals surface area contributed by atoms with Crippen LogP contribution in [0.5, 0.6) is 5.75 Å². The first kappa shape index (κ1) is 6.53. The molecule has 0 aliphatic carbocycles. The quantitative estimate of drug-likeness (QED) is 0.558. The molecule has 0 atom stereocenters. The summed E-state index contributed by atoms with van der Waals surface area (Å²) in [6.07, 6.45) is 0. The lowest BCUT2D eigenvalue weighted by atomic mass is 10.0. The molecule has 0 bridgehead atoms. The second-order valence-electron chi connectivity index (χ2n) is 2.76. The van der Waals surface area contributed by atoms with Gasteiger partial charge in [0.25, 0.3) is 0 Å². The lowest BCUT2D eigenvalue weighted by molar-refractivity contribution is 0.467. The van der Waals surface area contributed by atoms with Crippen molar-refractivity contribution in [2.75, 3.05) is 5.73 Å². The first-order chi connectivity index (χ1) is 5.46. The molecule has 0 aromatic heterocycles. The van der Waals surface area contributed by atoms with Crippen molar-refractivity contribution < 1.29 is 6.48 Å². The number of benzene rings is 1. The van der Waals surface area contributed by atoms with Gasteiger partial charge in [-0.05, 0) is 31.9 Å². The van der Waals surface area contributed by atoms with Gasteiger partial charge in [0, 0.05) is 11.3 Å². The van der Waals surface area contributed by atoms with Gasteiger partial charge in [-0.3, -0.25) is 0 Å². The van der Waals surface area contributed by atoms with Crippen molar-refractivity contribution in [3.05, 3.63) is 22.7 Å². The van der Waals surface area contributed by atoms with Gasteiger partial charge in [0.1, 0.15) is 5.75 Å². The van der Waals surface area contributed by atoms with Crippen molar-refractivity contribution in [2.45, 2.75) is 20.8 Å². The summed E-state index contributed by atoms with van der Waals surface area (Å²) in [5, 5.41) is 9.49. The number of hydrogen-bond acceptors (Lipinski definition) is 2. The minimum Gasteiger partial charge on any atom is -0.507 e. The summed E-state index contributed by atoms with van der Waals surface area (Å²) in [6, 6.07) is 0.329. The molecule has 1 aromatic carbocycles. The van der Waals surface area contributed by atoms with Crippen LogP contribution in [0.25, 0.3) is 0 Å². The lowest BCUT2D eigenvalue weighted by Crippen LogP contribution is -1.95. The van der Waals surface area contributed by atoms with Crippen LogP contribution >= 0.6 is 0 Å². The Kier molecular flexibility index (Phi) is 1.46. The zero-order valence-electron chi connectivity index (χ0n) is 8.02. The van der Waals surface area contributed by atoms with Gasteiger partial charge in [-0.2, -0.15) is 0 Å². The maximum Gasteiger partial charge on any atom is 0.123 e.